The molecule has 0 atom stereocenters. The second kappa shape index (κ2) is 5.85. The van der Waals surface area contributed by atoms with Gasteiger partial charge < -0.3 is 10.5 Å². The fraction of sp³-hybridized carbons (Fsp3) is 0.400. The van der Waals surface area contributed by atoms with E-state index in [4.69, 9.17) is 22.1 Å². The Morgan fingerprint density at radius 2 is 2.10 bits per heavy atom. The van der Waals surface area contributed by atoms with Crippen LogP contribution < -0.4 is 10.5 Å². The summed E-state index contributed by atoms with van der Waals surface area (Å²) in [4.78, 5) is 19.7. The lowest BCUT2D eigenvalue weighted by Crippen LogP contribution is -2.31. The molecule has 0 saturated heterocycles. The van der Waals surface area contributed by atoms with Crippen LogP contribution in [0.4, 0.5) is 0 Å². The van der Waals surface area contributed by atoms with Gasteiger partial charge in [-0.15, -0.1) is 0 Å². The van der Waals surface area contributed by atoms with Crippen LogP contribution in [0.5, 0.6) is 5.88 Å². The van der Waals surface area contributed by atoms with Crippen LogP contribution in [0.1, 0.15) is 25.7 Å². The van der Waals surface area contributed by atoms with Crippen LogP contribution in [0, 0.1) is 5.92 Å². The topological polar surface area (TPSA) is 78.1 Å². The Balaban J connectivity index is 1.78. The molecule has 110 valence electrons. The van der Waals surface area contributed by atoms with Gasteiger partial charge in [-0.2, -0.15) is 0 Å². The van der Waals surface area contributed by atoms with Crippen molar-refractivity contribution in [3.05, 3.63) is 29.5 Å². The zero-order chi connectivity index (χ0) is 14.8. The van der Waals surface area contributed by atoms with Gasteiger partial charge in [-0.25, -0.2) is 4.98 Å². The molecule has 5 nitrogen and oxygen atoms in total. The summed E-state index contributed by atoms with van der Waals surface area (Å²) in [6, 6.07) is 5.47. The lowest BCUT2D eigenvalue weighted by atomic mass is 9.87. The van der Waals surface area contributed by atoms with E-state index >= 15 is 0 Å². The fourth-order valence-electron chi connectivity index (χ4n) is 2.73. The van der Waals surface area contributed by atoms with Crippen molar-refractivity contribution in [3.8, 4) is 5.88 Å². The van der Waals surface area contributed by atoms with Crippen LogP contribution in [-0.4, -0.2) is 22.0 Å². The zero-order valence-corrected chi connectivity index (χ0v) is 12.2. The van der Waals surface area contributed by atoms with E-state index in [9.17, 15) is 4.79 Å². The number of halogens is 1. The number of amides is 1. The maximum atomic E-state index is 11.2. The number of nitrogens with zero attached hydrogens (tertiary/aromatic N) is 2. The average Bonchev–Trinajstić information content (AvgIpc) is 2.47. The molecule has 21 heavy (non-hydrogen) atoms. The van der Waals surface area contributed by atoms with Gasteiger partial charge in [-0.05, 0) is 37.8 Å². The lowest BCUT2D eigenvalue weighted by Gasteiger charge is -2.27. The normalized spacial score (nSPS) is 22.1. The van der Waals surface area contributed by atoms with Gasteiger partial charge in [0.25, 0.3) is 0 Å². The van der Waals surface area contributed by atoms with Crippen molar-refractivity contribution >= 4 is 28.4 Å². The number of primary amides is 1. The van der Waals surface area contributed by atoms with Crippen LogP contribution >= 0.6 is 11.6 Å². The largest absolute Gasteiger partial charge is 0.474 e. The Hall–Kier alpha value is -1.88. The Labute approximate surface area is 127 Å². The lowest BCUT2D eigenvalue weighted by molar-refractivity contribution is -0.123. The summed E-state index contributed by atoms with van der Waals surface area (Å²) in [5.74, 6) is 0.257. The highest BCUT2D eigenvalue weighted by atomic mass is 35.5. The van der Waals surface area contributed by atoms with Crippen LogP contribution in [0.2, 0.25) is 5.15 Å². The first kappa shape index (κ1) is 14.1. The van der Waals surface area contributed by atoms with E-state index in [-0.39, 0.29) is 17.9 Å². The predicted octanol–water partition coefficient (Wildman–Crippen LogP) is 2.71. The van der Waals surface area contributed by atoms with Crippen molar-refractivity contribution in [1.29, 1.82) is 0 Å². The summed E-state index contributed by atoms with van der Waals surface area (Å²) in [5, 5.41) is 1.21. The summed E-state index contributed by atoms with van der Waals surface area (Å²) in [5.41, 5.74) is 6.10. The number of fused-ring (bicyclic) bond motifs is 1. The molecule has 2 aromatic rings. The number of hydrogen-bond donors (Lipinski definition) is 1. The molecule has 0 aliphatic heterocycles. The first-order valence-electron chi connectivity index (χ1n) is 7.00. The van der Waals surface area contributed by atoms with Gasteiger partial charge in [0.15, 0.2) is 0 Å². The summed E-state index contributed by atoms with van der Waals surface area (Å²) in [6.07, 6.45) is 4.86. The summed E-state index contributed by atoms with van der Waals surface area (Å²) >= 11 is 6.01. The van der Waals surface area contributed by atoms with E-state index in [1.54, 1.807) is 12.3 Å². The van der Waals surface area contributed by atoms with E-state index in [1.807, 2.05) is 12.1 Å². The molecular weight excluding hydrogens is 290 g/mol. The number of nitrogens with two attached hydrogens (primary N) is 1. The van der Waals surface area contributed by atoms with Gasteiger partial charge in [-0.1, -0.05) is 11.6 Å². The number of carbonyl (C=O) groups excluding carboxylic acids is 1. The number of ether oxygens (including phenoxy) is 1. The number of pyridine rings is 2. The molecule has 1 saturated carbocycles. The molecule has 0 spiro atoms. The second-order valence-corrected chi connectivity index (χ2v) is 5.70. The third kappa shape index (κ3) is 3.08. The summed E-state index contributed by atoms with van der Waals surface area (Å²) < 4.78 is 5.99. The average molecular weight is 306 g/mol. The Bertz CT molecular complexity index is 669. The SMILES string of the molecule is NC(=O)[C@H]1CC[C@@H](Oc2nc(Cl)cc3ncccc23)CC1. The van der Waals surface area contributed by atoms with Crippen molar-refractivity contribution in [2.24, 2.45) is 11.7 Å². The van der Waals surface area contributed by atoms with E-state index in [0.717, 1.165) is 36.6 Å². The third-order valence-electron chi connectivity index (χ3n) is 3.89. The van der Waals surface area contributed by atoms with E-state index < -0.39 is 0 Å². The number of rotatable bonds is 3. The van der Waals surface area contributed by atoms with Crippen molar-refractivity contribution in [1.82, 2.24) is 9.97 Å². The smallest absolute Gasteiger partial charge is 0.224 e. The molecule has 1 fully saturated rings. The molecule has 2 heterocycles. The Morgan fingerprint density at radius 3 is 2.81 bits per heavy atom. The van der Waals surface area contributed by atoms with Gasteiger partial charge in [0.05, 0.1) is 10.9 Å². The Morgan fingerprint density at radius 1 is 1.33 bits per heavy atom. The zero-order valence-electron chi connectivity index (χ0n) is 11.5. The van der Waals surface area contributed by atoms with Gasteiger partial charge in [0, 0.05) is 18.2 Å². The molecule has 0 radical (unpaired) electrons. The molecule has 2 N–H and O–H groups in total. The third-order valence-corrected chi connectivity index (χ3v) is 4.08. The molecule has 1 amide bonds. The molecule has 0 unspecified atom stereocenters. The highest BCUT2D eigenvalue weighted by molar-refractivity contribution is 6.30. The minimum atomic E-state index is -0.219. The first-order chi connectivity index (χ1) is 10.1. The van der Waals surface area contributed by atoms with E-state index in [0.29, 0.717) is 11.0 Å². The molecule has 6 heteroatoms. The van der Waals surface area contributed by atoms with Gasteiger partial charge in [0.2, 0.25) is 11.8 Å². The van der Waals surface area contributed by atoms with Crippen LogP contribution in [0.25, 0.3) is 10.9 Å². The summed E-state index contributed by atoms with van der Waals surface area (Å²) in [6.45, 7) is 0. The summed E-state index contributed by atoms with van der Waals surface area (Å²) in [7, 11) is 0. The van der Waals surface area contributed by atoms with Crippen LogP contribution in [0.3, 0.4) is 0 Å². The van der Waals surface area contributed by atoms with Crippen molar-refractivity contribution in [3.63, 3.8) is 0 Å². The molecular formula is C15H16ClN3O2. The number of carbonyl (C=O) groups is 1. The van der Waals surface area contributed by atoms with E-state index in [1.165, 1.54) is 0 Å². The monoisotopic (exact) mass is 305 g/mol. The molecule has 0 aromatic carbocycles. The molecule has 3 rings (SSSR count). The quantitative estimate of drug-likeness (QED) is 0.884. The predicted molar refractivity (Wildman–Crippen MR) is 80.1 cm³/mol. The minimum Gasteiger partial charge on any atom is -0.474 e. The number of hydrogen-bond acceptors (Lipinski definition) is 4. The van der Waals surface area contributed by atoms with Crippen molar-refractivity contribution < 1.29 is 9.53 Å². The van der Waals surface area contributed by atoms with Gasteiger partial charge in [-0.3, -0.25) is 9.78 Å². The standard InChI is InChI=1S/C15H16ClN3O2/c16-13-8-12-11(2-1-7-18-12)15(19-13)21-10-5-3-9(4-6-10)14(17)20/h1-2,7-10H,3-6H2,(H2,17,20)/t9-,10+. The Kier molecular flexibility index (Phi) is 3.92. The number of aromatic nitrogens is 2. The van der Waals surface area contributed by atoms with E-state index in [2.05, 4.69) is 9.97 Å². The van der Waals surface area contributed by atoms with Gasteiger partial charge >= 0.3 is 0 Å². The molecule has 1 aliphatic carbocycles. The second-order valence-electron chi connectivity index (χ2n) is 5.31. The van der Waals surface area contributed by atoms with Gasteiger partial charge in [0.1, 0.15) is 11.3 Å². The highest BCUT2D eigenvalue weighted by Crippen LogP contribution is 2.30. The maximum absolute atomic E-state index is 11.2. The van der Waals surface area contributed by atoms with Crippen molar-refractivity contribution in [2.45, 2.75) is 31.8 Å². The maximum Gasteiger partial charge on any atom is 0.224 e. The molecule has 1 aliphatic rings. The molecule has 2 aromatic heterocycles. The van der Waals surface area contributed by atoms with Crippen molar-refractivity contribution in [2.75, 3.05) is 0 Å². The molecule has 0 bridgehead atoms. The first-order valence-corrected chi connectivity index (χ1v) is 7.38. The van der Waals surface area contributed by atoms with Crippen LogP contribution in [0.15, 0.2) is 24.4 Å². The van der Waals surface area contributed by atoms with Crippen LogP contribution in [-0.2, 0) is 4.79 Å². The minimum absolute atomic E-state index is 0.0319. The highest BCUT2D eigenvalue weighted by Gasteiger charge is 2.26. The fourth-order valence-corrected chi connectivity index (χ4v) is 2.91.